The number of rotatable bonds is 7. The van der Waals surface area contributed by atoms with E-state index in [0.29, 0.717) is 17.9 Å². The molecule has 0 bridgehead atoms. The summed E-state index contributed by atoms with van der Waals surface area (Å²) >= 11 is 0. The molecular formula is C16H23N3O2. The van der Waals surface area contributed by atoms with Crippen molar-refractivity contribution >= 4 is 0 Å². The summed E-state index contributed by atoms with van der Waals surface area (Å²) in [7, 11) is 3.60. The minimum Gasteiger partial charge on any atom is -0.497 e. The second kappa shape index (κ2) is 7.22. The molecule has 1 aromatic heterocycles. The smallest absolute Gasteiger partial charge is 0.227 e. The highest BCUT2D eigenvalue weighted by atomic mass is 16.5. The van der Waals surface area contributed by atoms with Crippen LogP contribution in [0.15, 0.2) is 28.8 Å². The number of nitrogens with zero attached hydrogens (tertiary/aromatic N) is 2. The van der Waals surface area contributed by atoms with E-state index in [0.717, 1.165) is 24.4 Å². The molecule has 0 radical (unpaired) electrons. The van der Waals surface area contributed by atoms with Gasteiger partial charge in [0.2, 0.25) is 5.89 Å². The Bertz CT molecular complexity index is 568. The summed E-state index contributed by atoms with van der Waals surface area (Å²) in [6.07, 6.45) is 1.50. The molecule has 0 amide bonds. The SMILES string of the molecule is CNC(C)Cc1noc(CC(C)c2cccc(OC)c2)n1. The van der Waals surface area contributed by atoms with Gasteiger partial charge in [-0.05, 0) is 37.6 Å². The van der Waals surface area contributed by atoms with E-state index < -0.39 is 0 Å². The largest absolute Gasteiger partial charge is 0.497 e. The van der Waals surface area contributed by atoms with Crippen LogP contribution in [0, 0.1) is 0 Å². The third-order valence-corrected chi connectivity index (χ3v) is 3.64. The highest BCUT2D eigenvalue weighted by Gasteiger charge is 2.14. The molecule has 0 saturated carbocycles. The van der Waals surface area contributed by atoms with Crippen molar-refractivity contribution in [2.75, 3.05) is 14.2 Å². The van der Waals surface area contributed by atoms with E-state index in [4.69, 9.17) is 9.26 Å². The summed E-state index contributed by atoms with van der Waals surface area (Å²) in [5, 5.41) is 7.20. The molecule has 0 spiro atoms. The van der Waals surface area contributed by atoms with Gasteiger partial charge in [-0.25, -0.2) is 0 Å². The van der Waals surface area contributed by atoms with E-state index in [1.165, 1.54) is 5.56 Å². The number of hydrogen-bond donors (Lipinski definition) is 1. The van der Waals surface area contributed by atoms with Crippen LogP contribution in [0.2, 0.25) is 0 Å². The van der Waals surface area contributed by atoms with E-state index in [-0.39, 0.29) is 0 Å². The van der Waals surface area contributed by atoms with Gasteiger partial charge in [0.05, 0.1) is 7.11 Å². The lowest BCUT2D eigenvalue weighted by Crippen LogP contribution is -2.24. The Balaban J connectivity index is 2.00. The van der Waals surface area contributed by atoms with Crippen molar-refractivity contribution in [3.05, 3.63) is 41.5 Å². The number of aromatic nitrogens is 2. The average Bonchev–Trinajstić information content (AvgIpc) is 2.94. The van der Waals surface area contributed by atoms with Gasteiger partial charge in [-0.15, -0.1) is 0 Å². The first kappa shape index (κ1) is 15.5. The summed E-state index contributed by atoms with van der Waals surface area (Å²) < 4.78 is 10.6. The van der Waals surface area contributed by atoms with Gasteiger partial charge in [0.25, 0.3) is 0 Å². The summed E-state index contributed by atoms with van der Waals surface area (Å²) in [6.45, 7) is 4.24. The quantitative estimate of drug-likeness (QED) is 0.849. The van der Waals surface area contributed by atoms with Crippen LogP contribution in [0.5, 0.6) is 5.75 Å². The molecule has 0 aliphatic rings. The van der Waals surface area contributed by atoms with Gasteiger partial charge in [0, 0.05) is 18.9 Å². The number of methoxy groups -OCH3 is 1. The van der Waals surface area contributed by atoms with Gasteiger partial charge < -0.3 is 14.6 Å². The van der Waals surface area contributed by atoms with Crippen molar-refractivity contribution in [3.63, 3.8) is 0 Å². The fourth-order valence-electron chi connectivity index (χ4n) is 2.16. The predicted molar refractivity (Wildman–Crippen MR) is 81.6 cm³/mol. The van der Waals surface area contributed by atoms with Gasteiger partial charge in [0.15, 0.2) is 5.82 Å². The summed E-state index contributed by atoms with van der Waals surface area (Å²) in [4.78, 5) is 4.46. The zero-order valence-corrected chi connectivity index (χ0v) is 13.1. The van der Waals surface area contributed by atoms with E-state index in [1.807, 2.05) is 25.2 Å². The molecule has 2 unspecified atom stereocenters. The number of ether oxygens (including phenoxy) is 1. The summed E-state index contributed by atoms with van der Waals surface area (Å²) in [6, 6.07) is 8.42. The zero-order valence-electron chi connectivity index (χ0n) is 13.1. The highest BCUT2D eigenvalue weighted by molar-refractivity contribution is 5.30. The Morgan fingerprint density at radius 3 is 2.81 bits per heavy atom. The Kier molecular flexibility index (Phi) is 5.33. The average molecular weight is 289 g/mol. The minimum absolute atomic E-state index is 0.301. The standard InChI is InChI=1S/C16H23N3O2/c1-11(13-6-5-7-14(10-13)20-4)8-16-18-15(19-21-16)9-12(2)17-3/h5-7,10-12,17H,8-9H2,1-4H3. The summed E-state index contributed by atoms with van der Waals surface area (Å²) in [5.74, 6) is 2.61. The number of likely N-dealkylation sites (N-methyl/N-ethyl adjacent to an activating group) is 1. The first-order chi connectivity index (χ1) is 10.1. The van der Waals surface area contributed by atoms with Crippen LogP contribution in [0.1, 0.15) is 37.0 Å². The van der Waals surface area contributed by atoms with Crippen LogP contribution < -0.4 is 10.1 Å². The molecule has 0 fully saturated rings. The lowest BCUT2D eigenvalue weighted by Gasteiger charge is -2.10. The van der Waals surface area contributed by atoms with Gasteiger partial charge in [-0.3, -0.25) is 0 Å². The Morgan fingerprint density at radius 2 is 2.10 bits per heavy atom. The van der Waals surface area contributed by atoms with Crippen molar-refractivity contribution in [2.45, 2.75) is 38.6 Å². The molecule has 5 heteroatoms. The Hall–Kier alpha value is -1.88. The highest BCUT2D eigenvalue weighted by Crippen LogP contribution is 2.23. The molecule has 1 heterocycles. The first-order valence-electron chi connectivity index (χ1n) is 7.25. The molecule has 0 aliphatic heterocycles. The second-order valence-corrected chi connectivity index (χ2v) is 5.38. The third-order valence-electron chi connectivity index (χ3n) is 3.64. The van der Waals surface area contributed by atoms with Crippen LogP contribution in [-0.2, 0) is 12.8 Å². The van der Waals surface area contributed by atoms with Crippen LogP contribution in [-0.4, -0.2) is 30.3 Å². The van der Waals surface area contributed by atoms with Crippen molar-refractivity contribution in [3.8, 4) is 5.75 Å². The van der Waals surface area contributed by atoms with Gasteiger partial charge in [-0.2, -0.15) is 4.98 Å². The fourth-order valence-corrected chi connectivity index (χ4v) is 2.16. The van der Waals surface area contributed by atoms with E-state index in [9.17, 15) is 0 Å². The van der Waals surface area contributed by atoms with Gasteiger partial charge >= 0.3 is 0 Å². The lowest BCUT2D eigenvalue weighted by molar-refractivity contribution is 0.364. The maximum atomic E-state index is 5.34. The third kappa shape index (κ3) is 4.29. The van der Waals surface area contributed by atoms with Crippen LogP contribution in [0.25, 0.3) is 0 Å². The maximum Gasteiger partial charge on any atom is 0.227 e. The molecule has 0 aliphatic carbocycles. The molecule has 5 nitrogen and oxygen atoms in total. The van der Waals surface area contributed by atoms with Crippen molar-refractivity contribution in [1.82, 2.24) is 15.5 Å². The van der Waals surface area contributed by atoms with Crippen LogP contribution in [0.4, 0.5) is 0 Å². The van der Waals surface area contributed by atoms with Crippen molar-refractivity contribution in [2.24, 2.45) is 0 Å². The molecule has 1 N–H and O–H groups in total. The monoisotopic (exact) mass is 289 g/mol. The Morgan fingerprint density at radius 1 is 1.29 bits per heavy atom. The van der Waals surface area contributed by atoms with Gasteiger partial charge in [-0.1, -0.05) is 24.2 Å². The van der Waals surface area contributed by atoms with E-state index >= 15 is 0 Å². The lowest BCUT2D eigenvalue weighted by atomic mass is 9.97. The normalized spacial score (nSPS) is 13.9. The maximum absolute atomic E-state index is 5.34. The Labute approximate surface area is 125 Å². The number of nitrogens with one attached hydrogen (secondary N) is 1. The molecule has 0 saturated heterocycles. The van der Waals surface area contributed by atoms with Crippen molar-refractivity contribution in [1.29, 1.82) is 0 Å². The fraction of sp³-hybridized carbons (Fsp3) is 0.500. The molecule has 114 valence electrons. The van der Waals surface area contributed by atoms with Crippen LogP contribution in [0.3, 0.4) is 0 Å². The number of hydrogen-bond acceptors (Lipinski definition) is 5. The topological polar surface area (TPSA) is 60.2 Å². The zero-order chi connectivity index (χ0) is 15.2. The van der Waals surface area contributed by atoms with E-state index in [2.05, 4.69) is 35.4 Å². The van der Waals surface area contributed by atoms with Gasteiger partial charge in [0.1, 0.15) is 5.75 Å². The van der Waals surface area contributed by atoms with Crippen LogP contribution >= 0.6 is 0 Å². The molecule has 21 heavy (non-hydrogen) atoms. The molecular weight excluding hydrogens is 266 g/mol. The van der Waals surface area contributed by atoms with E-state index in [1.54, 1.807) is 7.11 Å². The second-order valence-electron chi connectivity index (χ2n) is 5.38. The predicted octanol–water partition coefficient (Wildman–Crippen LogP) is 2.57. The molecule has 2 rings (SSSR count). The minimum atomic E-state index is 0.301. The summed E-state index contributed by atoms with van der Waals surface area (Å²) in [5.41, 5.74) is 1.21. The molecule has 1 aromatic carbocycles. The molecule has 2 atom stereocenters. The number of benzene rings is 1. The van der Waals surface area contributed by atoms with Crippen molar-refractivity contribution < 1.29 is 9.26 Å². The first-order valence-corrected chi connectivity index (χ1v) is 7.25. The molecule has 2 aromatic rings.